The quantitative estimate of drug-likeness (QED) is 0.772. The molecular formula is C25H34N3O2+. The van der Waals surface area contributed by atoms with Crippen LogP contribution in [0.5, 0.6) is 0 Å². The van der Waals surface area contributed by atoms with Gasteiger partial charge in [-0.2, -0.15) is 0 Å². The predicted octanol–water partition coefficient (Wildman–Crippen LogP) is 2.48. The molecule has 5 heteroatoms. The van der Waals surface area contributed by atoms with Gasteiger partial charge in [-0.1, -0.05) is 44.2 Å². The third-order valence-corrected chi connectivity index (χ3v) is 5.76. The summed E-state index contributed by atoms with van der Waals surface area (Å²) < 4.78 is 0. The van der Waals surface area contributed by atoms with Crippen LogP contribution < -0.4 is 10.2 Å². The fourth-order valence-electron chi connectivity index (χ4n) is 4.06. The van der Waals surface area contributed by atoms with Gasteiger partial charge in [0, 0.05) is 11.3 Å². The van der Waals surface area contributed by atoms with Crippen molar-refractivity contribution in [2.24, 2.45) is 5.92 Å². The second-order valence-corrected chi connectivity index (χ2v) is 8.83. The maximum atomic E-state index is 12.8. The number of rotatable bonds is 6. The van der Waals surface area contributed by atoms with E-state index >= 15 is 0 Å². The van der Waals surface area contributed by atoms with Gasteiger partial charge < -0.3 is 15.1 Å². The summed E-state index contributed by atoms with van der Waals surface area (Å²) in [5.41, 5.74) is 5.09. The number of piperazine rings is 1. The van der Waals surface area contributed by atoms with Crippen LogP contribution in [0.2, 0.25) is 0 Å². The van der Waals surface area contributed by atoms with E-state index < -0.39 is 0 Å². The van der Waals surface area contributed by atoms with E-state index in [1.165, 1.54) is 10.5 Å². The van der Waals surface area contributed by atoms with Crippen LogP contribution in [0, 0.1) is 19.8 Å². The molecule has 2 N–H and O–H groups in total. The summed E-state index contributed by atoms with van der Waals surface area (Å²) >= 11 is 0. The highest BCUT2D eigenvalue weighted by molar-refractivity contribution is 5.94. The first-order valence-corrected chi connectivity index (χ1v) is 10.9. The molecular weight excluding hydrogens is 374 g/mol. The number of benzene rings is 2. The van der Waals surface area contributed by atoms with Crippen molar-refractivity contribution in [1.29, 1.82) is 0 Å². The van der Waals surface area contributed by atoms with Gasteiger partial charge >= 0.3 is 0 Å². The number of anilines is 1. The maximum Gasteiger partial charge on any atom is 0.279 e. The number of carbonyl (C=O) groups excluding carboxylic acids is 2. The fraction of sp³-hybridized carbons (Fsp3) is 0.440. The molecule has 5 nitrogen and oxygen atoms in total. The molecule has 2 amide bonds. The van der Waals surface area contributed by atoms with E-state index in [-0.39, 0.29) is 11.8 Å². The molecule has 0 aromatic heterocycles. The number of aryl methyl sites for hydroxylation is 2. The largest absolute Gasteiger partial charge is 0.327 e. The van der Waals surface area contributed by atoms with Crippen molar-refractivity contribution in [2.45, 2.75) is 34.1 Å². The molecule has 1 saturated heterocycles. The molecule has 0 saturated carbocycles. The van der Waals surface area contributed by atoms with Gasteiger partial charge in [0.15, 0.2) is 6.54 Å². The van der Waals surface area contributed by atoms with Crippen LogP contribution in [-0.2, 0) is 11.2 Å². The van der Waals surface area contributed by atoms with Crippen LogP contribution in [-0.4, -0.2) is 49.4 Å². The lowest BCUT2D eigenvalue weighted by Gasteiger charge is -2.32. The molecule has 2 aromatic carbocycles. The molecule has 1 aliphatic heterocycles. The van der Waals surface area contributed by atoms with E-state index in [2.05, 4.69) is 31.3 Å². The molecule has 1 heterocycles. The molecule has 0 spiro atoms. The topological polar surface area (TPSA) is 53.9 Å². The van der Waals surface area contributed by atoms with E-state index in [0.717, 1.165) is 41.9 Å². The van der Waals surface area contributed by atoms with Crippen molar-refractivity contribution in [2.75, 3.05) is 38.0 Å². The molecule has 0 atom stereocenters. The van der Waals surface area contributed by atoms with Crippen molar-refractivity contribution in [3.63, 3.8) is 0 Å². The van der Waals surface area contributed by atoms with Crippen LogP contribution >= 0.6 is 0 Å². The molecule has 3 rings (SSSR count). The number of para-hydroxylation sites is 1. The Morgan fingerprint density at radius 3 is 2.17 bits per heavy atom. The molecule has 0 bridgehead atoms. The third-order valence-electron chi connectivity index (χ3n) is 5.76. The first-order chi connectivity index (χ1) is 14.3. The van der Waals surface area contributed by atoms with Gasteiger partial charge in [0.1, 0.15) is 0 Å². The van der Waals surface area contributed by atoms with Gasteiger partial charge in [-0.25, -0.2) is 0 Å². The van der Waals surface area contributed by atoms with E-state index in [0.29, 0.717) is 25.6 Å². The Morgan fingerprint density at radius 1 is 1.00 bits per heavy atom. The molecule has 0 unspecified atom stereocenters. The average molecular weight is 409 g/mol. The fourth-order valence-corrected chi connectivity index (χ4v) is 4.06. The Hall–Kier alpha value is -2.66. The standard InChI is InChI=1S/C25H33N3O2/c1-18(2)16-21-8-10-22(11-9-21)25(30)28-14-12-27(13-15-28)17-23(29)26-24-19(3)6-5-7-20(24)4/h5-11,18H,12-17H2,1-4H3,(H,26,29)/p+1. The zero-order valence-corrected chi connectivity index (χ0v) is 18.6. The van der Waals surface area contributed by atoms with E-state index in [4.69, 9.17) is 0 Å². The van der Waals surface area contributed by atoms with Crippen molar-refractivity contribution in [3.8, 4) is 0 Å². The summed E-state index contributed by atoms with van der Waals surface area (Å²) in [6.07, 6.45) is 1.03. The Labute approximate surface area is 180 Å². The van der Waals surface area contributed by atoms with Crippen molar-refractivity contribution >= 4 is 17.5 Å². The highest BCUT2D eigenvalue weighted by Gasteiger charge is 2.26. The number of hydrogen-bond acceptors (Lipinski definition) is 2. The van der Waals surface area contributed by atoms with E-state index in [1.54, 1.807) is 0 Å². The maximum absolute atomic E-state index is 12.8. The SMILES string of the molecule is Cc1cccc(C)c1NC(=O)C[NH+]1CCN(C(=O)c2ccc(CC(C)C)cc2)CC1. The summed E-state index contributed by atoms with van der Waals surface area (Å²) in [6, 6.07) is 14.0. The highest BCUT2D eigenvalue weighted by Crippen LogP contribution is 2.19. The molecule has 1 aliphatic rings. The number of quaternary nitrogens is 1. The molecule has 30 heavy (non-hydrogen) atoms. The zero-order valence-electron chi connectivity index (χ0n) is 18.6. The van der Waals surface area contributed by atoms with E-state index in [9.17, 15) is 9.59 Å². The van der Waals surface area contributed by atoms with Gasteiger partial charge in [-0.05, 0) is 55.0 Å². The van der Waals surface area contributed by atoms with E-state index in [1.807, 2.05) is 49.1 Å². The van der Waals surface area contributed by atoms with Crippen LogP contribution in [0.1, 0.15) is 40.9 Å². The summed E-state index contributed by atoms with van der Waals surface area (Å²) in [5, 5.41) is 3.06. The minimum atomic E-state index is 0.0305. The molecule has 1 fully saturated rings. The van der Waals surface area contributed by atoms with Crippen molar-refractivity contribution in [3.05, 3.63) is 64.7 Å². The summed E-state index contributed by atoms with van der Waals surface area (Å²) in [7, 11) is 0. The van der Waals surface area contributed by atoms with Gasteiger partial charge in [0.05, 0.1) is 26.2 Å². The Bertz CT molecular complexity index is 862. The van der Waals surface area contributed by atoms with Gasteiger partial charge in [-0.15, -0.1) is 0 Å². The molecule has 0 radical (unpaired) electrons. The monoisotopic (exact) mass is 408 g/mol. The van der Waals surface area contributed by atoms with Gasteiger partial charge in [0.25, 0.3) is 11.8 Å². The Balaban J connectivity index is 1.49. The zero-order chi connectivity index (χ0) is 21.7. The normalized spacial score (nSPS) is 14.8. The van der Waals surface area contributed by atoms with Gasteiger partial charge in [-0.3, -0.25) is 9.59 Å². The molecule has 0 aliphatic carbocycles. The van der Waals surface area contributed by atoms with Crippen LogP contribution in [0.3, 0.4) is 0 Å². The van der Waals surface area contributed by atoms with Crippen molar-refractivity contribution in [1.82, 2.24) is 4.90 Å². The van der Waals surface area contributed by atoms with Crippen molar-refractivity contribution < 1.29 is 14.5 Å². The highest BCUT2D eigenvalue weighted by atomic mass is 16.2. The van der Waals surface area contributed by atoms with Crippen LogP contribution in [0.15, 0.2) is 42.5 Å². The first kappa shape index (κ1) is 22.0. The average Bonchev–Trinajstić information content (AvgIpc) is 2.71. The number of nitrogens with zero attached hydrogens (tertiary/aromatic N) is 1. The molecule has 2 aromatic rings. The lowest BCUT2D eigenvalue weighted by Crippen LogP contribution is -3.15. The lowest BCUT2D eigenvalue weighted by molar-refractivity contribution is -0.895. The minimum absolute atomic E-state index is 0.0305. The lowest BCUT2D eigenvalue weighted by atomic mass is 10.0. The second kappa shape index (κ2) is 9.90. The number of amides is 2. The summed E-state index contributed by atoms with van der Waals surface area (Å²) in [4.78, 5) is 28.5. The minimum Gasteiger partial charge on any atom is -0.327 e. The number of nitrogens with one attached hydrogen (secondary N) is 2. The summed E-state index contributed by atoms with van der Waals surface area (Å²) in [6.45, 7) is 11.8. The number of carbonyl (C=O) groups is 2. The summed E-state index contributed by atoms with van der Waals surface area (Å²) in [5.74, 6) is 0.725. The first-order valence-electron chi connectivity index (χ1n) is 10.9. The third kappa shape index (κ3) is 5.70. The Morgan fingerprint density at radius 2 is 1.60 bits per heavy atom. The predicted molar refractivity (Wildman–Crippen MR) is 121 cm³/mol. The number of hydrogen-bond donors (Lipinski definition) is 2. The smallest absolute Gasteiger partial charge is 0.279 e. The second-order valence-electron chi connectivity index (χ2n) is 8.83. The van der Waals surface area contributed by atoms with Crippen LogP contribution in [0.4, 0.5) is 5.69 Å². The van der Waals surface area contributed by atoms with Crippen LogP contribution in [0.25, 0.3) is 0 Å². The van der Waals surface area contributed by atoms with Gasteiger partial charge in [0.2, 0.25) is 0 Å². The Kier molecular flexibility index (Phi) is 7.27. The molecule has 160 valence electrons.